The fraction of sp³-hybridized carbons (Fsp3) is 0.417. The number of nitrogens with zero attached hydrogens (tertiary/aromatic N) is 2. The summed E-state index contributed by atoms with van der Waals surface area (Å²) in [4.78, 5) is 28.9. The Bertz CT molecular complexity index is 936. The highest BCUT2D eigenvalue weighted by Gasteiger charge is 2.43. The second-order valence-electron chi connectivity index (χ2n) is 8.28. The summed E-state index contributed by atoms with van der Waals surface area (Å²) in [5, 5.41) is 0. The molecule has 2 amide bonds. The zero-order valence-corrected chi connectivity index (χ0v) is 17.5. The predicted octanol–water partition coefficient (Wildman–Crippen LogP) is 3.95. The molecule has 0 N–H and O–H groups in total. The van der Waals surface area contributed by atoms with E-state index in [1.807, 2.05) is 0 Å². The Morgan fingerprint density at radius 2 is 1.65 bits per heavy atom. The van der Waals surface area contributed by atoms with Crippen molar-refractivity contribution in [3.05, 3.63) is 59.7 Å². The molecule has 4 rings (SSSR count). The second kappa shape index (κ2) is 9.14. The molecule has 0 saturated carbocycles. The van der Waals surface area contributed by atoms with Gasteiger partial charge in [0.15, 0.2) is 0 Å². The number of carbonyl (C=O) groups is 2. The van der Waals surface area contributed by atoms with Crippen molar-refractivity contribution >= 4 is 17.5 Å². The minimum absolute atomic E-state index is 0.177. The van der Waals surface area contributed by atoms with Gasteiger partial charge in [-0.05, 0) is 86.7 Å². The monoisotopic (exact) mass is 428 g/mol. The maximum Gasteiger partial charge on any atom is 0.251 e. The SMILES string of the molecule is COc1ccc(N2C(=O)C[C@@H](N3CCC(CCc4cc(F)cc(F)c4)CC3)C2=O)cc1. The van der Waals surface area contributed by atoms with Crippen LogP contribution >= 0.6 is 0 Å². The molecule has 0 bridgehead atoms. The number of imide groups is 1. The molecule has 31 heavy (non-hydrogen) atoms. The molecule has 0 aliphatic carbocycles. The first-order chi connectivity index (χ1) is 14.9. The van der Waals surface area contributed by atoms with Crippen molar-refractivity contribution < 1.29 is 23.1 Å². The van der Waals surface area contributed by atoms with Crippen LogP contribution < -0.4 is 9.64 Å². The summed E-state index contributed by atoms with van der Waals surface area (Å²) in [5.74, 6) is -0.347. The van der Waals surface area contributed by atoms with Crippen molar-refractivity contribution in [1.82, 2.24) is 4.90 Å². The number of rotatable bonds is 6. The number of carbonyl (C=O) groups excluding carboxylic acids is 2. The number of hydrogen-bond acceptors (Lipinski definition) is 4. The van der Waals surface area contributed by atoms with Crippen molar-refractivity contribution in [3.8, 4) is 5.75 Å². The molecule has 7 heteroatoms. The quantitative estimate of drug-likeness (QED) is 0.654. The number of aryl methyl sites for hydroxylation is 1. The predicted molar refractivity (Wildman–Crippen MR) is 113 cm³/mol. The number of ether oxygens (including phenoxy) is 1. The number of piperidine rings is 1. The minimum Gasteiger partial charge on any atom is -0.497 e. The molecule has 2 saturated heterocycles. The summed E-state index contributed by atoms with van der Waals surface area (Å²) in [6.07, 6.45) is 3.48. The van der Waals surface area contributed by atoms with Crippen molar-refractivity contribution in [2.24, 2.45) is 5.92 Å². The zero-order chi connectivity index (χ0) is 22.0. The molecule has 164 valence electrons. The average molecular weight is 428 g/mol. The lowest BCUT2D eigenvalue weighted by Gasteiger charge is -2.34. The fourth-order valence-electron chi connectivity index (χ4n) is 4.58. The second-order valence-corrected chi connectivity index (χ2v) is 8.28. The van der Waals surface area contributed by atoms with Crippen molar-refractivity contribution in [2.75, 3.05) is 25.1 Å². The van der Waals surface area contributed by atoms with E-state index in [0.717, 1.165) is 38.4 Å². The third kappa shape index (κ3) is 4.77. The van der Waals surface area contributed by atoms with E-state index < -0.39 is 17.7 Å². The summed E-state index contributed by atoms with van der Waals surface area (Å²) in [6, 6.07) is 10.1. The van der Waals surface area contributed by atoms with Crippen molar-refractivity contribution in [3.63, 3.8) is 0 Å². The molecule has 2 aliphatic rings. The van der Waals surface area contributed by atoms with E-state index in [4.69, 9.17) is 4.74 Å². The van der Waals surface area contributed by atoms with E-state index in [1.165, 1.54) is 17.0 Å². The highest BCUT2D eigenvalue weighted by Crippen LogP contribution is 2.30. The van der Waals surface area contributed by atoms with Crippen LogP contribution in [-0.2, 0) is 16.0 Å². The summed E-state index contributed by atoms with van der Waals surface area (Å²) in [5.41, 5.74) is 1.24. The maximum absolute atomic E-state index is 13.4. The van der Waals surface area contributed by atoms with Crippen LogP contribution in [0.5, 0.6) is 5.75 Å². The van der Waals surface area contributed by atoms with E-state index in [0.29, 0.717) is 29.3 Å². The van der Waals surface area contributed by atoms with Gasteiger partial charge in [-0.2, -0.15) is 0 Å². The lowest BCUT2D eigenvalue weighted by Crippen LogP contribution is -2.46. The van der Waals surface area contributed by atoms with Gasteiger partial charge in [0.25, 0.3) is 5.91 Å². The maximum atomic E-state index is 13.4. The van der Waals surface area contributed by atoms with E-state index in [2.05, 4.69) is 4.90 Å². The molecular weight excluding hydrogens is 402 g/mol. The van der Waals surface area contributed by atoms with Crippen molar-refractivity contribution in [2.45, 2.75) is 38.1 Å². The molecule has 2 aromatic rings. The van der Waals surface area contributed by atoms with Gasteiger partial charge in [0.2, 0.25) is 5.91 Å². The zero-order valence-electron chi connectivity index (χ0n) is 17.5. The minimum atomic E-state index is -0.546. The summed E-state index contributed by atoms with van der Waals surface area (Å²) in [6.45, 7) is 1.48. The number of hydrogen-bond donors (Lipinski definition) is 0. The third-order valence-electron chi connectivity index (χ3n) is 6.31. The van der Waals surface area contributed by atoms with Gasteiger partial charge >= 0.3 is 0 Å². The first kappa shape index (κ1) is 21.4. The van der Waals surface area contributed by atoms with Crippen LogP contribution in [0.1, 0.15) is 31.2 Å². The fourth-order valence-corrected chi connectivity index (χ4v) is 4.58. The van der Waals surface area contributed by atoms with Crippen LogP contribution in [-0.4, -0.2) is 43.0 Å². The topological polar surface area (TPSA) is 49.9 Å². The first-order valence-corrected chi connectivity index (χ1v) is 10.6. The van der Waals surface area contributed by atoms with Crippen LogP contribution in [0.2, 0.25) is 0 Å². The number of benzene rings is 2. The van der Waals surface area contributed by atoms with Gasteiger partial charge < -0.3 is 4.74 Å². The van der Waals surface area contributed by atoms with Crippen LogP contribution in [0.4, 0.5) is 14.5 Å². The van der Waals surface area contributed by atoms with Gasteiger partial charge in [-0.25, -0.2) is 13.7 Å². The summed E-state index contributed by atoms with van der Waals surface area (Å²) in [7, 11) is 1.57. The molecule has 2 heterocycles. The van der Waals surface area contributed by atoms with E-state index in [9.17, 15) is 18.4 Å². The van der Waals surface area contributed by atoms with Crippen LogP contribution in [0.15, 0.2) is 42.5 Å². The van der Waals surface area contributed by atoms with Gasteiger partial charge in [0, 0.05) is 6.07 Å². The van der Waals surface area contributed by atoms with Crippen LogP contribution in [0, 0.1) is 17.6 Å². The van der Waals surface area contributed by atoms with Gasteiger partial charge in [-0.1, -0.05) is 0 Å². The lowest BCUT2D eigenvalue weighted by molar-refractivity contribution is -0.123. The average Bonchev–Trinajstić information content (AvgIpc) is 3.06. The normalized spacial score (nSPS) is 20.5. The molecule has 0 spiro atoms. The number of halogens is 2. The number of likely N-dealkylation sites (tertiary alicyclic amines) is 1. The Hall–Kier alpha value is -2.80. The highest BCUT2D eigenvalue weighted by molar-refractivity contribution is 6.22. The Balaban J connectivity index is 1.32. The Labute approximate surface area is 180 Å². The molecule has 1 atom stereocenters. The smallest absolute Gasteiger partial charge is 0.251 e. The first-order valence-electron chi connectivity index (χ1n) is 10.6. The highest BCUT2D eigenvalue weighted by atomic mass is 19.1. The number of anilines is 1. The van der Waals surface area contributed by atoms with Gasteiger partial charge in [-0.3, -0.25) is 14.5 Å². The molecule has 2 fully saturated rings. The molecule has 2 aromatic carbocycles. The van der Waals surface area contributed by atoms with E-state index in [-0.39, 0.29) is 18.2 Å². The lowest BCUT2D eigenvalue weighted by atomic mass is 9.90. The number of amides is 2. The molecule has 2 aliphatic heterocycles. The Morgan fingerprint density at radius 1 is 1.00 bits per heavy atom. The molecular formula is C24H26F2N2O3. The van der Waals surface area contributed by atoms with Gasteiger partial charge in [0.1, 0.15) is 17.4 Å². The van der Waals surface area contributed by atoms with Gasteiger partial charge in [-0.15, -0.1) is 0 Å². The van der Waals surface area contributed by atoms with Crippen LogP contribution in [0.3, 0.4) is 0 Å². The largest absolute Gasteiger partial charge is 0.497 e. The molecule has 0 radical (unpaired) electrons. The number of methoxy groups -OCH3 is 1. The van der Waals surface area contributed by atoms with Crippen molar-refractivity contribution in [1.29, 1.82) is 0 Å². The third-order valence-corrected chi connectivity index (χ3v) is 6.31. The molecule has 0 unspecified atom stereocenters. The summed E-state index contributed by atoms with van der Waals surface area (Å²) < 4.78 is 31.9. The van der Waals surface area contributed by atoms with Gasteiger partial charge in [0.05, 0.1) is 25.3 Å². The molecule has 0 aromatic heterocycles. The van der Waals surface area contributed by atoms with E-state index in [1.54, 1.807) is 31.4 Å². The molecule has 5 nitrogen and oxygen atoms in total. The van der Waals surface area contributed by atoms with E-state index >= 15 is 0 Å². The van der Waals surface area contributed by atoms with Crippen LogP contribution in [0.25, 0.3) is 0 Å². The Kier molecular flexibility index (Phi) is 6.32. The summed E-state index contributed by atoms with van der Waals surface area (Å²) >= 11 is 0. The Morgan fingerprint density at radius 3 is 2.26 bits per heavy atom. The standard InChI is InChI=1S/C24H26F2N2O3/c1-31-21-6-4-20(5-7-21)28-23(29)15-22(24(28)30)27-10-8-16(9-11-27)2-3-17-12-18(25)14-19(26)13-17/h4-7,12-14,16,22H,2-3,8-11,15H2,1H3/t22-/m1/s1.